The minimum atomic E-state index is -0.475. The monoisotopic (exact) mass is 211 g/mol. The Labute approximate surface area is 87.5 Å². The molecule has 0 N–H and O–H groups in total. The summed E-state index contributed by atoms with van der Waals surface area (Å²) in [6, 6.07) is 3.67. The largest absolute Gasteiger partial charge is 0.478 e. The third-order valence-electron chi connectivity index (χ3n) is 1.56. The third-order valence-corrected chi connectivity index (χ3v) is 1.87. The van der Waals surface area contributed by atoms with E-state index in [0.29, 0.717) is 18.3 Å². The number of nitrogens with zero attached hydrogens (tertiary/aromatic N) is 3. The molecule has 1 rings (SSSR count). The van der Waals surface area contributed by atoms with Gasteiger partial charge in [0, 0.05) is 18.1 Å². The first-order chi connectivity index (χ1) is 6.81. The Hall–Kier alpha value is -1.34. The van der Waals surface area contributed by atoms with Gasteiger partial charge in [0.05, 0.1) is 12.7 Å². The van der Waals surface area contributed by atoms with E-state index in [0.717, 1.165) is 0 Å². The minimum absolute atomic E-state index is 0.187. The molecule has 14 heavy (non-hydrogen) atoms. The van der Waals surface area contributed by atoms with E-state index in [-0.39, 0.29) is 5.88 Å². The zero-order valence-electron chi connectivity index (χ0n) is 7.77. The van der Waals surface area contributed by atoms with Gasteiger partial charge in [0.2, 0.25) is 5.88 Å². The number of alkyl halides is 1. The molecular weight excluding hydrogens is 202 g/mol. The molecule has 0 aliphatic heterocycles. The van der Waals surface area contributed by atoms with Crippen LogP contribution in [-0.2, 0) is 0 Å². The molecule has 0 aliphatic carbocycles. The van der Waals surface area contributed by atoms with Gasteiger partial charge >= 0.3 is 0 Å². The van der Waals surface area contributed by atoms with Crippen LogP contribution in [0.15, 0.2) is 12.3 Å². The number of hydrogen-bond acceptors (Lipinski definition) is 4. The van der Waals surface area contributed by atoms with Crippen LogP contribution in [0.2, 0.25) is 0 Å². The van der Waals surface area contributed by atoms with Crippen molar-refractivity contribution in [2.24, 2.45) is 0 Å². The lowest BCUT2D eigenvalue weighted by Gasteiger charge is -2.05. The summed E-state index contributed by atoms with van der Waals surface area (Å²) in [6.07, 6.45) is 1.56. The molecule has 4 nitrogen and oxygen atoms in total. The van der Waals surface area contributed by atoms with E-state index in [9.17, 15) is 0 Å². The van der Waals surface area contributed by atoms with E-state index in [2.05, 4.69) is 9.97 Å². The summed E-state index contributed by atoms with van der Waals surface area (Å²) in [4.78, 5) is 8.03. The second-order valence-electron chi connectivity index (χ2n) is 2.52. The number of nitriles is 1. The van der Waals surface area contributed by atoms with Crippen molar-refractivity contribution in [3.8, 4) is 11.9 Å². The average molecular weight is 212 g/mol. The van der Waals surface area contributed by atoms with Crippen LogP contribution >= 0.6 is 11.6 Å². The van der Waals surface area contributed by atoms with Crippen molar-refractivity contribution in [1.82, 2.24) is 9.97 Å². The fraction of sp³-hybridized carbons (Fsp3) is 0.444. The predicted octanol–water partition coefficient (Wildman–Crippen LogP) is 1.72. The number of aromatic nitrogens is 2. The molecule has 0 aliphatic rings. The van der Waals surface area contributed by atoms with E-state index in [1.54, 1.807) is 12.3 Å². The maximum atomic E-state index is 8.74. The molecule has 0 saturated heterocycles. The van der Waals surface area contributed by atoms with Gasteiger partial charge in [-0.05, 0) is 6.92 Å². The van der Waals surface area contributed by atoms with Crippen molar-refractivity contribution in [2.75, 3.05) is 12.5 Å². The van der Waals surface area contributed by atoms with E-state index in [1.165, 1.54) is 0 Å². The van der Waals surface area contributed by atoms with Gasteiger partial charge in [-0.15, -0.1) is 11.6 Å². The first-order valence-corrected chi connectivity index (χ1v) is 4.76. The molecule has 1 aromatic rings. The summed E-state index contributed by atoms with van der Waals surface area (Å²) < 4.78 is 5.18. The van der Waals surface area contributed by atoms with Crippen LogP contribution in [0.5, 0.6) is 5.88 Å². The summed E-state index contributed by atoms with van der Waals surface area (Å²) >= 11 is 5.59. The second kappa shape index (κ2) is 5.40. The highest BCUT2D eigenvalue weighted by atomic mass is 35.5. The predicted molar refractivity (Wildman–Crippen MR) is 52.3 cm³/mol. The van der Waals surface area contributed by atoms with Crippen LogP contribution in [0.25, 0.3) is 0 Å². The summed E-state index contributed by atoms with van der Waals surface area (Å²) in [6.45, 7) is 2.40. The fourth-order valence-corrected chi connectivity index (χ4v) is 1.12. The first kappa shape index (κ1) is 10.7. The van der Waals surface area contributed by atoms with Crippen LogP contribution in [0.4, 0.5) is 0 Å². The second-order valence-corrected chi connectivity index (χ2v) is 2.83. The topological polar surface area (TPSA) is 58.8 Å². The number of ether oxygens (including phenoxy) is 1. The van der Waals surface area contributed by atoms with Crippen molar-refractivity contribution in [3.63, 3.8) is 0 Å². The summed E-state index contributed by atoms with van der Waals surface area (Å²) in [5.74, 6) is 0.597. The van der Waals surface area contributed by atoms with Crippen molar-refractivity contribution in [3.05, 3.63) is 18.1 Å². The normalized spacial score (nSPS) is 11.8. The maximum absolute atomic E-state index is 8.74. The Bertz CT molecular complexity index is 337. The van der Waals surface area contributed by atoms with Crippen molar-refractivity contribution < 1.29 is 4.74 Å². The van der Waals surface area contributed by atoms with Crippen LogP contribution in [0.1, 0.15) is 18.7 Å². The Morgan fingerprint density at radius 3 is 3.07 bits per heavy atom. The van der Waals surface area contributed by atoms with Gasteiger partial charge < -0.3 is 4.74 Å². The molecule has 0 bridgehead atoms. The van der Waals surface area contributed by atoms with Crippen LogP contribution < -0.4 is 4.74 Å². The highest BCUT2D eigenvalue weighted by molar-refractivity contribution is 6.18. The van der Waals surface area contributed by atoms with Crippen LogP contribution in [0, 0.1) is 11.3 Å². The fourth-order valence-electron chi connectivity index (χ4n) is 0.914. The summed E-state index contributed by atoms with van der Waals surface area (Å²) in [7, 11) is 0. The molecule has 1 aromatic heterocycles. The molecule has 0 radical (unpaired) electrons. The molecule has 0 fully saturated rings. The quantitative estimate of drug-likeness (QED) is 0.712. The van der Waals surface area contributed by atoms with E-state index in [4.69, 9.17) is 21.6 Å². The lowest BCUT2D eigenvalue weighted by Crippen LogP contribution is -2.05. The molecule has 0 spiro atoms. The lowest BCUT2D eigenvalue weighted by atomic mass is 10.2. The van der Waals surface area contributed by atoms with Crippen LogP contribution in [0.3, 0.4) is 0 Å². The van der Waals surface area contributed by atoms with E-state index >= 15 is 0 Å². The van der Waals surface area contributed by atoms with Crippen molar-refractivity contribution in [1.29, 1.82) is 5.26 Å². The van der Waals surface area contributed by atoms with Crippen molar-refractivity contribution >= 4 is 11.6 Å². The van der Waals surface area contributed by atoms with Gasteiger partial charge in [0.1, 0.15) is 5.92 Å². The maximum Gasteiger partial charge on any atom is 0.216 e. The van der Waals surface area contributed by atoms with E-state index < -0.39 is 5.92 Å². The molecule has 1 heterocycles. The molecule has 0 aromatic carbocycles. The first-order valence-electron chi connectivity index (χ1n) is 4.23. The number of rotatable bonds is 4. The highest BCUT2D eigenvalue weighted by Gasteiger charge is 2.12. The third kappa shape index (κ3) is 2.57. The van der Waals surface area contributed by atoms with Gasteiger partial charge in [0.25, 0.3) is 0 Å². The van der Waals surface area contributed by atoms with Crippen LogP contribution in [-0.4, -0.2) is 22.5 Å². The van der Waals surface area contributed by atoms with Gasteiger partial charge in [-0.2, -0.15) is 10.2 Å². The van der Waals surface area contributed by atoms with Crippen molar-refractivity contribution in [2.45, 2.75) is 12.8 Å². The van der Waals surface area contributed by atoms with Gasteiger partial charge in [0.15, 0.2) is 5.82 Å². The standard InChI is InChI=1S/C9H10ClN3O/c1-2-14-8-3-4-12-9(13-8)7(5-10)6-11/h3-4,7H,2,5H2,1H3. The smallest absolute Gasteiger partial charge is 0.216 e. The summed E-state index contributed by atoms with van der Waals surface area (Å²) in [5, 5.41) is 8.74. The molecule has 5 heteroatoms. The Morgan fingerprint density at radius 2 is 2.50 bits per heavy atom. The van der Waals surface area contributed by atoms with Gasteiger partial charge in [-0.1, -0.05) is 0 Å². The SMILES string of the molecule is CCOc1ccnc(C(C#N)CCl)n1. The molecular formula is C9H10ClN3O. The Morgan fingerprint density at radius 1 is 1.71 bits per heavy atom. The zero-order chi connectivity index (χ0) is 10.4. The molecule has 74 valence electrons. The van der Waals surface area contributed by atoms with Gasteiger partial charge in [-0.25, -0.2) is 4.98 Å². The molecule has 1 atom stereocenters. The highest BCUT2D eigenvalue weighted by Crippen LogP contribution is 2.14. The van der Waals surface area contributed by atoms with E-state index in [1.807, 2.05) is 13.0 Å². The number of hydrogen-bond donors (Lipinski definition) is 0. The lowest BCUT2D eigenvalue weighted by molar-refractivity contribution is 0.324. The summed E-state index contributed by atoms with van der Waals surface area (Å²) in [5.41, 5.74) is 0. The molecule has 1 unspecified atom stereocenters. The molecule has 0 saturated carbocycles. The number of halogens is 1. The zero-order valence-corrected chi connectivity index (χ0v) is 8.53. The van der Waals surface area contributed by atoms with Gasteiger partial charge in [-0.3, -0.25) is 0 Å². The minimum Gasteiger partial charge on any atom is -0.478 e. The average Bonchev–Trinajstić information content (AvgIpc) is 2.21. The molecule has 0 amide bonds. The Balaban J connectivity index is 2.88. The Kier molecular flexibility index (Phi) is 4.14.